The van der Waals surface area contributed by atoms with E-state index in [0.29, 0.717) is 38.4 Å². The molecule has 0 aliphatic heterocycles. The molecule has 0 aromatic heterocycles. The Balaban J connectivity index is 3.08. The Labute approximate surface area is 208 Å². The number of amides is 1. The van der Waals surface area contributed by atoms with E-state index in [2.05, 4.69) is 44.3 Å². The van der Waals surface area contributed by atoms with Crippen molar-refractivity contribution < 1.29 is 38.6 Å². The van der Waals surface area contributed by atoms with Crippen LogP contribution in [0.3, 0.4) is 0 Å². The van der Waals surface area contributed by atoms with Crippen LogP contribution in [-0.2, 0) is 23.6 Å². The smallest absolute Gasteiger partial charge is 0.408 e. The lowest BCUT2D eigenvalue weighted by Gasteiger charge is -2.42. The van der Waals surface area contributed by atoms with Gasteiger partial charge < -0.3 is 35.3 Å². The number of ether oxygens (including phenoxy) is 1. The number of nitrogens with two attached hydrogens (primary N) is 1. The first kappa shape index (κ1) is 30.4. The van der Waals surface area contributed by atoms with E-state index in [-0.39, 0.29) is 16.8 Å². The number of hydrogen-bond acceptors (Lipinski definition) is 7. The van der Waals surface area contributed by atoms with Crippen LogP contribution in [0.1, 0.15) is 67.2 Å². The van der Waals surface area contributed by atoms with Crippen LogP contribution in [0.25, 0.3) is 0 Å². The maximum atomic E-state index is 12.6. The average molecular weight is 516 g/mol. The highest BCUT2D eigenvalue weighted by molar-refractivity contribution is 6.74. The minimum absolute atomic E-state index is 0.0867. The number of hydrogen-bond donors (Lipinski definition) is 4. The van der Waals surface area contributed by atoms with Crippen molar-refractivity contribution in [3.05, 3.63) is 11.8 Å². The second kappa shape index (κ2) is 11.4. The summed E-state index contributed by atoms with van der Waals surface area (Å²) in [7, 11) is -1.92. The van der Waals surface area contributed by atoms with Gasteiger partial charge in [-0.2, -0.15) is 0 Å². The number of carbonyl (C=O) groups is 3. The highest BCUT2D eigenvalue weighted by Gasteiger charge is 2.43. The minimum Gasteiger partial charge on any atom is -0.478 e. The predicted molar refractivity (Wildman–Crippen MR) is 133 cm³/mol. The van der Waals surface area contributed by atoms with Crippen LogP contribution >= 0.6 is 0 Å². The number of nitrogens with zero attached hydrogens (tertiary/aromatic N) is 1. The third-order valence-corrected chi connectivity index (χ3v) is 10.9. The molecule has 1 amide bonds. The summed E-state index contributed by atoms with van der Waals surface area (Å²) in [4.78, 5) is 39.5. The number of carboxylic acid groups (broad SMARTS) is 2. The van der Waals surface area contributed by atoms with Crippen molar-refractivity contribution in [2.75, 3.05) is 6.61 Å². The molecule has 1 aliphatic rings. The monoisotopic (exact) mass is 515 g/mol. The second-order valence-electron chi connectivity index (χ2n) is 11.4. The summed E-state index contributed by atoms with van der Waals surface area (Å²) >= 11 is 0. The van der Waals surface area contributed by atoms with Gasteiger partial charge >= 0.3 is 18.0 Å². The number of amidine groups is 1. The van der Waals surface area contributed by atoms with Gasteiger partial charge in [0.15, 0.2) is 14.2 Å². The number of aliphatic carboxylic acids is 2. The summed E-state index contributed by atoms with van der Waals surface area (Å²) in [5, 5.41) is 24.5. The molecule has 1 fully saturated rings. The predicted octanol–water partition coefficient (Wildman–Crippen LogP) is 3.80. The summed E-state index contributed by atoms with van der Waals surface area (Å²) < 4.78 is 11.7. The van der Waals surface area contributed by atoms with Gasteiger partial charge in [-0.25, -0.2) is 14.4 Å². The van der Waals surface area contributed by atoms with Crippen LogP contribution in [0.15, 0.2) is 17.0 Å². The Bertz CT molecular complexity index is 848. The van der Waals surface area contributed by atoms with Crippen molar-refractivity contribution in [2.45, 2.75) is 96.5 Å². The van der Waals surface area contributed by atoms with Crippen LogP contribution in [0, 0.1) is 5.92 Å². The number of alkyl carbamates (subject to hydrolysis) is 1. The van der Waals surface area contributed by atoms with Gasteiger partial charge in [0.1, 0.15) is 11.1 Å². The van der Waals surface area contributed by atoms with E-state index in [4.69, 9.17) is 29.9 Å². The summed E-state index contributed by atoms with van der Waals surface area (Å²) in [5.74, 6) is -3.98. The summed E-state index contributed by atoms with van der Waals surface area (Å²) in [6, 6.07) is 0. The van der Waals surface area contributed by atoms with Gasteiger partial charge in [0.05, 0.1) is 6.08 Å². The molecule has 11 nitrogen and oxygen atoms in total. The molecule has 5 N–H and O–H groups in total. The molecule has 0 spiro atoms. The number of oxime groups is 1. The topological polar surface area (TPSA) is 170 Å². The first-order valence-electron chi connectivity index (χ1n) is 11.6. The second-order valence-corrected chi connectivity index (χ2v) is 16.3. The van der Waals surface area contributed by atoms with Gasteiger partial charge in [-0.05, 0) is 70.5 Å². The van der Waals surface area contributed by atoms with E-state index in [1.165, 1.54) is 0 Å². The van der Waals surface area contributed by atoms with Crippen LogP contribution in [0.4, 0.5) is 4.79 Å². The van der Waals surface area contributed by atoms with Crippen LogP contribution in [0.5, 0.6) is 0 Å². The Morgan fingerprint density at radius 1 is 1.11 bits per heavy atom. The zero-order valence-electron chi connectivity index (χ0n) is 22.1. The van der Waals surface area contributed by atoms with Crippen molar-refractivity contribution in [3.8, 4) is 0 Å². The first-order chi connectivity index (χ1) is 15.8. The van der Waals surface area contributed by atoms with E-state index in [9.17, 15) is 14.4 Å². The van der Waals surface area contributed by atoms with Gasteiger partial charge in [-0.3, -0.25) is 0 Å². The molecule has 0 radical (unpaired) electrons. The Hall–Kier alpha value is -2.60. The minimum atomic E-state index is -1.92. The molecule has 0 aromatic rings. The van der Waals surface area contributed by atoms with Crippen LogP contribution < -0.4 is 11.1 Å². The van der Waals surface area contributed by atoms with E-state index < -0.39 is 43.2 Å². The molecule has 0 heterocycles. The van der Waals surface area contributed by atoms with E-state index in [1.807, 2.05) is 0 Å². The molecular weight excluding hydrogens is 474 g/mol. The maximum Gasteiger partial charge on any atom is 0.408 e. The molecule has 1 saturated carbocycles. The van der Waals surface area contributed by atoms with Gasteiger partial charge in [0, 0.05) is 6.61 Å². The standard InChI is InChI=1S/C23H41N3O8Si/c1-21(2,3)33-20(31)25-23(19(24)26-34-16(18(29)30)13-17(27)28)11-9-15(10-12-23)14-32-35(7,8)22(4,5)6/h13,15H,9-12,14H2,1-8H3,(H2,24,26)(H,25,31)(H,27,28)(H,29,30). The maximum absolute atomic E-state index is 12.6. The third-order valence-electron chi connectivity index (χ3n) is 6.38. The molecule has 1 rings (SSSR count). The lowest BCUT2D eigenvalue weighted by atomic mass is 9.76. The number of carbonyl (C=O) groups excluding carboxylic acids is 1. The van der Waals surface area contributed by atoms with Gasteiger partial charge in [-0.15, -0.1) is 0 Å². The normalized spacial score (nSPS) is 22.3. The van der Waals surface area contributed by atoms with E-state index >= 15 is 0 Å². The molecular formula is C23H41N3O8Si. The van der Waals surface area contributed by atoms with Crippen molar-refractivity contribution >= 4 is 32.2 Å². The zero-order valence-corrected chi connectivity index (χ0v) is 23.1. The third kappa shape index (κ3) is 9.52. The molecule has 1 aliphatic carbocycles. The fourth-order valence-corrected chi connectivity index (χ4v) is 4.33. The zero-order chi connectivity index (χ0) is 27.2. The average Bonchev–Trinajstić information content (AvgIpc) is 2.67. The molecule has 0 aromatic carbocycles. The molecule has 0 bridgehead atoms. The van der Waals surface area contributed by atoms with Gasteiger partial charge in [-0.1, -0.05) is 25.9 Å². The van der Waals surface area contributed by atoms with Crippen molar-refractivity contribution in [2.24, 2.45) is 16.8 Å². The van der Waals surface area contributed by atoms with Crippen molar-refractivity contribution in [1.29, 1.82) is 0 Å². The molecule has 12 heteroatoms. The Morgan fingerprint density at radius 2 is 1.66 bits per heavy atom. The van der Waals surface area contributed by atoms with E-state index in [1.54, 1.807) is 20.8 Å². The highest BCUT2D eigenvalue weighted by Crippen LogP contribution is 2.39. The number of rotatable bonds is 9. The van der Waals surface area contributed by atoms with Crippen molar-refractivity contribution in [1.82, 2.24) is 5.32 Å². The van der Waals surface area contributed by atoms with Gasteiger partial charge in [0.25, 0.3) is 0 Å². The SMILES string of the molecule is CC(C)(C)OC(=O)NC1(C(N)=NOC(=CC(=O)O)C(=O)O)CCC(CO[Si](C)(C)C(C)(C)C)CC1. The molecule has 0 unspecified atom stereocenters. The Kier molecular flexibility index (Phi) is 9.93. The van der Waals surface area contributed by atoms with E-state index in [0.717, 1.165) is 0 Å². The van der Waals surface area contributed by atoms with Crippen LogP contribution in [0.2, 0.25) is 18.1 Å². The molecule has 0 saturated heterocycles. The first-order valence-corrected chi connectivity index (χ1v) is 14.5. The molecule has 35 heavy (non-hydrogen) atoms. The summed E-state index contributed by atoms with van der Waals surface area (Å²) in [6.07, 6.45) is 1.77. The quantitative estimate of drug-likeness (QED) is 0.0890. The number of carboxylic acids is 2. The fraction of sp³-hybridized carbons (Fsp3) is 0.739. The fourth-order valence-electron chi connectivity index (χ4n) is 3.25. The number of nitrogens with one attached hydrogen (secondary N) is 1. The molecule has 200 valence electrons. The summed E-state index contributed by atoms with van der Waals surface area (Å²) in [5.41, 5.74) is 4.29. The summed E-state index contributed by atoms with van der Waals surface area (Å²) in [6.45, 7) is 16.7. The lowest BCUT2D eigenvalue weighted by Crippen LogP contribution is -2.60. The Morgan fingerprint density at radius 3 is 2.09 bits per heavy atom. The largest absolute Gasteiger partial charge is 0.478 e. The lowest BCUT2D eigenvalue weighted by molar-refractivity contribution is -0.138. The van der Waals surface area contributed by atoms with Crippen molar-refractivity contribution in [3.63, 3.8) is 0 Å². The highest BCUT2D eigenvalue weighted by atomic mass is 28.4. The van der Waals surface area contributed by atoms with Crippen LogP contribution in [-0.4, -0.2) is 60.1 Å². The molecule has 0 atom stereocenters. The van der Waals surface area contributed by atoms with Gasteiger partial charge in [0.2, 0.25) is 5.76 Å².